The van der Waals surface area contributed by atoms with E-state index in [0.717, 1.165) is 16.3 Å². The lowest BCUT2D eigenvalue weighted by Gasteiger charge is -1.97. The highest BCUT2D eigenvalue weighted by Gasteiger charge is 1.94. The number of phenolic OH excluding ortho intramolecular Hbond substituents is 2. The van der Waals surface area contributed by atoms with Crippen molar-refractivity contribution in [2.45, 2.75) is 6.92 Å². The molecule has 0 amide bonds. The fourth-order valence-corrected chi connectivity index (χ4v) is 2.36. The Bertz CT molecular complexity index is 956. The van der Waals surface area contributed by atoms with Gasteiger partial charge < -0.3 is 10.2 Å². The first-order valence-corrected chi connectivity index (χ1v) is 8.69. The Morgan fingerprint density at radius 2 is 1.15 bits per heavy atom. The quantitative estimate of drug-likeness (QED) is 0.400. The van der Waals surface area contributed by atoms with Crippen LogP contribution in [0, 0.1) is 0 Å². The van der Waals surface area contributed by atoms with E-state index in [2.05, 4.69) is 18.7 Å². The van der Waals surface area contributed by atoms with E-state index < -0.39 is 0 Å². The van der Waals surface area contributed by atoms with E-state index in [4.69, 9.17) is 5.11 Å². The first-order chi connectivity index (χ1) is 13.1. The summed E-state index contributed by atoms with van der Waals surface area (Å²) in [4.78, 5) is 0. The third-order valence-electron chi connectivity index (χ3n) is 3.79. The van der Waals surface area contributed by atoms with Crippen molar-refractivity contribution >= 4 is 16.3 Å². The molecule has 0 heterocycles. The standard InChI is InChI=1S/C10H8O.C9H10.C6H6O/c11-10-7-3-5-8-4-1-2-6-9(8)10;1-8(2)9-6-4-3-5-7-9;7-6-4-2-1-3-5-6/h1-7,11H;3-7H,1H2,2H3;1-5,7H. The molecule has 0 saturated heterocycles. The van der Waals surface area contributed by atoms with Gasteiger partial charge in [0, 0.05) is 5.39 Å². The summed E-state index contributed by atoms with van der Waals surface area (Å²) >= 11 is 0. The normalized spacial score (nSPS) is 9.37. The summed E-state index contributed by atoms with van der Waals surface area (Å²) in [5.41, 5.74) is 2.34. The van der Waals surface area contributed by atoms with Crippen LogP contribution in [0.3, 0.4) is 0 Å². The van der Waals surface area contributed by atoms with Crippen LogP contribution >= 0.6 is 0 Å². The average molecular weight is 356 g/mol. The van der Waals surface area contributed by atoms with Crippen LogP contribution in [0.5, 0.6) is 11.5 Å². The molecule has 0 bridgehead atoms. The molecular weight excluding hydrogens is 332 g/mol. The predicted molar refractivity (Wildman–Crippen MR) is 115 cm³/mol. The summed E-state index contributed by atoms with van der Waals surface area (Å²) in [6, 6.07) is 32.2. The summed E-state index contributed by atoms with van der Waals surface area (Å²) in [7, 11) is 0. The molecule has 27 heavy (non-hydrogen) atoms. The minimum Gasteiger partial charge on any atom is -0.508 e. The SMILES string of the molecule is C=C(C)c1ccccc1.Oc1cccc2ccccc12.Oc1ccccc1. The van der Waals surface area contributed by atoms with Gasteiger partial charge in [0.1, 0.15) is 11.5 Å². The summed E-state index contributed by atoms with van der Waals surface area (Å²) in [5.74, 6) is 0.672. The molecule has 2 heteroatoms. The van der Waals surface area contributed by atoms with E-state index >= 15 is 0 Å². The highest BCUT2D eigenvalue weighted by atomic mass is 16.3. The maximum absolute atomic E-state index is 9.37. The molecule has 0 spiro atoms. The lowest BCUT2D eigenvalue weighted by molar-refractivity contribution is 0.475. The lowest BCUT2D eigenvalue weighted by Crippen LogP contribution is -1.72. The molecule has 4 aromatic rings. The second-order valence-electron chi connectivity index (χ2n) is 5.98. The number of allylic oxidation sites excluding steroid dienone is 1. The van der Waals surface area contributed by atoms with Crippen molar-refractivity contribution in [2.75, 3.05) is 0 Å². The molecule has 136 valence electrons. The molecule has 0 aliphatic heterocycles. The maximum Gasteiger partial charge on any atom is 0.123 e. The van der Waals surface area contributed by atoms with Crippen molar-refractivity contribution in [1.82, 2.24) is 0 Å². The monoisotopic (exact) mass is 356 g/mol. The van der Waals surface area contributed by atoms with E-state index in [9.17, 15) is 5.11 Å². The van der Waals surface area contributed by atoms with Crippen LogP contribution in [0.4, 0.5) is 0 Å². The van der Waals surface area contributed by atoms with Crippen LogP contribution in [-0.2, 0) is 0 Å². The molecule has 0 fully saturated rings. The van der Waals surface area contributed by atoms with Crippen molar-refractivity contribution in [3.05, 3.63) is 115 Å². The van der Waals surface area contributed by atoms with Crippen molar-refractivity contribution < 1.29 is 10.2 Å². The summed E-state index contributed by atoms with van der Waals surface area (Å²) in [6.07, 6.45) is 0. The topological polar surface area (TPSA) is 40.5 Å². The first-order valence-electron chi connectivity index (χ1n) is 8.69. The highest BCUT2D eigenvalue weighted by Crippen LogP contribution is 2.22. The Hall–Kier alpha value is -3.52. The number of aromatic hydroxyl groups is 2. The van der Waals surface area contributed by atoms with Crippen LogP contribution in [0.15, 0.2) is 110 Å². The molecule has 0 radical (unpaired) electrons. The Balaban J connectivity index is 0.000000149. The molecule has 0 unspecified atom stereocenters. The van der Waals surface area contributed by atoms with E-state index in [0.29, 0.717) is 11.5 Å². The zero-order chi connectivity index (χ0) is 19.5. The molecule has 0 atom stereocenters. The fourth-order valence-electron chi connectivity index (χ4n) is 2.36. The number of rotatable bonds is 1. The lowest BCUT2D eigenvalue weighted by atomic mass is 10.1. The molecule has 2 N–H and O–H groups in total. The van der Waals surface area contributed by atoms with Gasteiger partial charge in [-0.15, -0.1) is 0 Å². The first kappa shape index (κ1) is 19.8. The van der Waals surface area contributed by atoms with Gasteiger partial charge in [0.2, 0.25) is 0 Å². The van der Waals surface area contributed by atoms with Gasteiger partial charge in [-0.25, -0.2) is 0 Å². The fraction of sp³-hybridized carbons (Fsp3) is 0.0400. The number of fused-ring (bicyclic) bond motifs is 1. The predicted octanol–water partition coefficient (Wildman–Crippen LogP) is 6.66. The molecular formula is C25H24O2. The largest absolute Gasteiger partial charge is 0.508 e. The third-order valence-corrected chi connectivity index (χ3v) is 3.79. The minimum atomic E-state index is 0.322. The van der Waals surface area contributed by atoms with Crippen LogP contribution in [0.1, 0.15) is 12.5 Å². The number of hydrogen-bond acceptors (Lipinski definition) is 2. The van der Waals surface area contributed by atoms with Gasteiger partial charge in [0.25, 0.3) is 0 Å². The highest BCUT2D eigenvalue weighted by molar-refractivity contribution is 5.87. The average Bonchev–Trinajstić information content (AvgIpc) is 2.71. The molecule has 2 nitrogen and oxygen atoms in total. The summed E-state index contributed by atoms with van der Waals surface area (Å²) in [5, 5.41) is 20.0. The summed E-state index contributed by atoms with van der Waals surface area (Å²) < 4.78 is 0. The number of benzene rings is 4. The molecule has 0 aromatic heterocycles. The van der Waals surface area contributed by atoms with Crippen molar-refractivity contribution in [3.8, 4) is 11.5 Å². The second-order valence-corrected chi connectivity index (χ2v) is 5.98. The van der Waals surface area contributed by atoms with Gasteiger partial charge in [0.05, 0.1) is 0 Å². The number of phenols is 2. The van der Waals surface area contributed by atoms with Crippen molar-refractivity contribution in [2.24, 2.45) is 0 Å². The Morgan fingerprint density at radius 1 is 0.630 bits per heavy atom. The van der Waals surface area contributed by atoms with Gasteiger partial charge in [-0.2, -0.15) is 0 Å². The van der Waals surface area contributed by atoms with Gasteiger partial charge in [-0.3, -0.25) is 0 Å². The maximum atomic E-state index is 9.37. The second kappa shape index (κ2) is 10.5. The van der Waals surface area contributed by atoms with Crippen LogP contribution < -0.4 is 0 Å². The Kier molecular flexibility index (Phi) is 7.68. The van der Waals surface area contributed by atoms with Gasteiger partial charge >= 0.3 is 0 Å². The van der Waals surface area contributed by atoms with E-state index in [1.165, 1.54) is 5.56 Å². The van der Waals surface area contributed by atoms with Crippen molar-refractivity contribution in [3.63, 3.8) is 0 Å². The smallest absolute Gasteiger partial charge is 0.123 e. The zero-order valence-electron chi connectivity index (χ0n) is 15.4. The molecule has 0 saturated carbocycles. The van der Waals surface area contributed by atoms with Gasteiger partial charge in [0.15, 0.2) is 0 Å². The Morgan fingerprint density at radius 3 is 1.63 bits per heavy atom. The van der Waals surface area contributed by atoms with Gasteiger partial charge in [-0.1, -0.05) is 97.1 Å². The van der Waals surface area contributed by atoms with E-state index in [1.807, 2.05) is 67.6 Å². The number of hydrogen-bond donors (Lipinski definition) is 2. The van der Waals surface area contributed by atoms with Gasteiger partial charge in [-0.05, 0) is 36.1 Å². The molecule has 4 rings (SSSR count). The Labute approximate surface area is 160 Å². The molecule has 4 aromatic carbocycles. The van der Waals surface area contributed by atoms with Crippen molar-refractivity contribution in [1.29, 1.82) is 0 Å². The van der Waals surface area contributed by atoms with E-state index in [1.54, 1.807) is 30.3 Å². The third kappa shape index (κ3) is 6.71. The van der Waals surface area contributed by atoms with Crippen LogP contribution in [-0.4, -0.2) is 10.2 Å². The van der Waals surface area contributed by atoms with Crippen LogP contribution in [0.2, 0.25) is 0 Å². The minimum absolute atomic E-state index is 0.322. The van der Waals surface area contributed by atoms with Crippen LogP contribution in [0.25, 0.3) is 16.3 Å². The molecule has 0 aliphatic rings. The summed E-state index contributed by atoms with van der Waals surface area (Å²) in [6.45, 7) is 5.83. The molecule has 0 aliphatic carbocycles. The van der Waals surface area contributed by atoms with E-state index in [-0.39, 0.29) is 0 Å². The zero-order valence-corrected chi connectivity index (χ0v) is 15.4. The number of para-hydroxylation sites is 1.